The van der Waals surface area contributed by atoms with Crippen LogP contribution in [-0.2, 0) is 16.4 Å². The Morgan fingerprint density at radius 3 is 2.67 bits per heavy atom. The maximum atomic E-state index is 11.6. The molecule has 1 aromatic heterocycles. The molecule has 30 heavy (non-hydrogen) atoms. The first kappa shape index (κ1) is 24.9. The number of rotatable bonds is 7. The Balaban J connectivity index is 0.00000320. The van der Waals surface area contributed by atoms with Crippen LogP contribution in [0.15, 0.2) is 29.4 Å². The summed E-state index contributed by atoms with van der Waals surface area (Å²) < 4.78 is 24.8. The van der Waals surface area contributed by atoms with E-state index in [2.05, 4.69) is 53.9 Å². The monoisotopic (exact) mass is 547 g/mol. The number of halogens is 1. The van der Waals surface area contributed by atoms with E-state index in [1.165, 1.54) is 28.3 Å². The number of fused-ring (bicyclic) bond motifs is 1. The summed E-state index contributed by atoms with van der Waals surface area (Å²) in [5, 5.41) is 8.01. The van der Waals surface area contributed by atoms with Crippen LogP contribution in [-0.4, -0.2) is 62.6 Å². The van der Waals surface area contributed by atoms with Crippen LogP contribution in [0.3, 0.4) is 0 Å². The summed E-state index contributed by atoms with van der Waals surface area (Å²) in [6, 6.07) is 6.50. The summed E-state index contributed by atoms with van der Waals surface area (Å²) in [5.41, 5.74) is 3.74. The molecule has 9 heteroatoms. The fraction of sp³-hybridized carbons (Fsp3) is 0.571. The predicted molar refractivity (Wildman–Crippen MR) is 135 cm³/mol. The zero-order chi connectivity index (χ0) is 20.9. The van der Waals surface area contributed by atoms with Crippen LogP contribution in [0.2, 0.25) is 0 Å². The van der Waals surface area contributed by atoms with E-state index in [0.717, 1.165) is 44.9 Å². The molecule has 1 aliphatic heterocycles. The highest BCUT2D eigenvalue weighted by Gasteiger charge is 2.24. The van der Waals surface area contributed by atoms with E-state index in [-0.39, 0.29) is 24.0 Å². The number of nitrogens with zero attached hydrogens (tertiary/aromatic N) is 2. The second kappa shape index (κ2) is 11.3. The van der Waals surface area contributed by atoms with Gasteiger partial charge < -0.3 is 15.6 Å². The lowest BCUT2D eigenvalue weighted by Gasteiger charge is -2.29. The molecule has 0 aliphatic carbocycles. The van der Waals surface area contributed by atoms with Crippen molar-refractivity contribution < 1.29 is 8.42 Å². The molecule has 168 valence electrons. The van der Waals surface area contributed by atoms with Crippen molar-refractivity contribution in [1.82, 2.24) is 19.9 Å². The summed E-state index contributed by atoms with van der Waals surface area (Å²) in [7, 11) is -3.07. The second-order valence-corrected chi connectivity index (χ2v) is 9.85. The van der Waals surface area contributed by atoms with Crippen molar-refractivity contribution in [2.75, 3.05) is 39.0 Å². The molecule has 2 aromatic rings. The normalized spacial score (nSPS) is 16.4. The van der Waals surface area contributed by atoms with Crippen molar-refractivity contribution in [2.24, 2.45) is 10.9 Å². The first-order chi connectivity index (χ1) is 13.9. The van der Waals surface area contributed by atoms with Gasteiger partial charge >= 0.3 is 0 Å². The summed E-state index contributed by atoms with van der Waals surface area (Å²) in [5.74, 6) is 1.26. The number of hydrogen-bond acceptors (Lipinski definition) is 3. The molecule has 0 unspecified atom stereocenters. The first-order valence-corrected chi connectivity index (χ1v) is 12.3. The number of piperidine rings is 1. The van der Waals surface area contributed by atoms with Crippen LogP contribution >= 0.6 is 24.0 Å². The predicted octanol–water partition coefficient (Wildman–Crippen LogP) is 2.86. The quantitative estimate of drug-likeness (QED) is 0.283. The molecule has 0 saturated carbocycles. The highest BCUT2D eigenvalue weighted by molar-refractivity contribution is 14.0. The Morgan fingerprint density at radius 2 is 2.00 bits per heavy atom. The number of aromatic amines is 1. The lowest BCUT2D eigenvalue weighted by Crippen LogP contribution is -2.40. The molecule has 3 rings (SSSR count). The molecule has 1 aromatic carbocycles. The number of benzene rings is 1. The van der Waals surface area contributed by atoms with Gasteiger partial charge in [0.05, 0.1) is 6.26 Å². The summed E-state index contributed by atoms with van der Waals surface area (Å²) in [6.07, 6.45) is 6.02. The SMILES string of the molecule is CCNC(=NCC1CCN(S(C)(=O)=O)CC1)NCCc1c[nH]c2cc(C)ccc12.I. The fourth-order valence-corrected chi connectivity index (χ4v) is 4.68. The maximum absolute atomic E-state index is 11.6. The van der Waals surface area contributed by atoms with Crippen LogP contribution in [0.4, 0.5) is 0 Å². The molecular weight excluding hydrogens is 513 g/mol. The van der Waals surface area contributed by atoms with Gasteiger partial charge in [0.1, 0.15) is 0 Å². The second-order valence-electron chi connectivity index (χ2n) is 7.86. The van der Waals surface area contributed by atoms with Gasteiger partial charge in [-0.1, -0.05) is 12.1 Å². The number of aryl methyl sites for hydroxylation is 1. The van der Waals surface area contributed by atoms with Gasteiger partial charge in [0, 0.05) is 49.8 Å². The molecule has 0 atom stereocenters. The molecule has 7 nitrogen and oxygen atoms in total. The largest absolute Gasteiger partial charge is 0.361 e. The number of guanidine groups is 1. The van der Waals surface area contributed by atoms with Gasteiger partial charge in [0.2, 0.25) is 10.0 Å². The molecule has 1 fully saturated rings. The molecule has 3 N–H and O–H groups in total. The zero-order valence-corrected chi connectivity index (χ0v) is 21.2. The van der Waals surface area contributed by atoms with Gasteiger partial charge in [-0.3, -0.25) is 4.99 Å². The van der Waals surface area contributed by atoms with Crippen molar-refractivity contribution in [3.05, 3.63) is 35.5 Å². The third-order valence-electron chi connectivity index (χ3n) is 5.50. The van der Waals surface area contributed by atoms with E-state index in [1.807, 2.05) is 0 Å². The highest BCUT2D eigenvalue weighted by Crippen LogP contribution is 2.20. The van der Waals surface area contributed by atoms with Crippen LogP contribution in [0, 0.1) is 12.8 Å². The summed E-state index contributed by atoms with van der Waals surface area (Å²) >= 11 is 0. The highest BCUT2D eigenvalue weighted by atomic mass is 127. The number of aromatic nitrogens is 1. The van der Waals surface area contributed by atoms with Crippen LogP contribution in [0.25, 0.3) is 10.9 Å². The lowest BCUT2D eigenvalue weighted by molar-refractivity contribution is 0.280. The number of sulfonamides is 1. The van der Waals surface area contributed by atoms with E-state index >= 15 is 0 Å². The average molecular weight is 548 g/mol. The van der Waals surface area contributed by atoms with E-state index in [9.17, 15) is 8.42 Å². The molecule has 0 spiro atoms. The number of hydrogen-bond donors (Lipinski definition) is 3. The van der Waals surface area contributed by atoms with E-state index in [4.69, 9.17) is 4.99 Å². The lowest BCUT2D eigenvalue weighted by atomic mass is 9.98. The molecule has 1 aliphatic rings. The molecule has 0 amide bonds. The van der Waals surface area contributed by atoms with Crippen molar-refractivity contribution in [2.45, 2.75) is 33.1 Å². The van der Waals surface area contributed by atoms with Crippen molar-refractivity contribution >= 4 is 50.9 Å². The first-order valence-electron chi connectivity index (χ1n) is 10.4. The maximum Gasteiger partial charge on any atom is 0.211 e. The summed E-state index contributed by atoms with van der Waals surface area (Å²) in [6.45, 7) is 7.70. The number of nitrogens with one attached hydrogen (secondary N) is 3. The third-order valence-corrected chi connectivity index (χ3v) is 6.81. The minimum atomic E-state index is -3.07. The molecule has 2 heterocycles. The zero-order valence-electron chi connectivity index (χ0n) is 18.1. The van der Waals surface area contributed by atoms with Gasteiger partial charge in [0.15, 0.2) is 5.96 Å². The van der Waals surface area contributed by atoms with Gasteiger partial charge in [-0.25, -0.2) is 12.7 Å². The standard InChI is InChI=1S/C21H33N5O2S.HI/c1-4-22-21(25-14-17-8-11-26(12-9-17)29(3,27)28)23-10-7-18-15-24-20-13-16(2)5-6-19(18)20;/h5-6,13,15,17,24H,4,7-12,14H2,1-3H3,(H2,22,23,25);1H. The van der Waals surface area contributed by atoms with Gasteiger partial charge in [-0.05, 0) is 56.2 Å². The Labute approximate surface area is 197 Å². The summed E-state index contributed by atoms with van der Waals surface area (Å²) in [4.78, 5) is 8.09. The minimum absolute atomic E-state index is 0. The van der Waals surface area contributed by atoms with Gasteiger partial charge in [0.25, 0.3) is 0 Å². The topological polar surface area (TPSA) is 89.6 Å². The van der Waals surface area contributed by atoms with Crippen LogP contribution < -0.4 is 10.6 Å². The molecule has 1 saturated heterocycles. The third kappa shape index (κ3) is 6.84. The van der Waals surface area contributed by atoms with Crippen LogP contribution in [0.1, 0.15) is 30.9 Å². The Hall–Kier alpha value is -1.33. The van der Waals surface area contributed by atoms with Crippen molar-refractivity contribution in [3.63, 3.8) is 0 Å². The molecule has 0 bridgehead atoms. The Kier molecular flexibility index (Phi) is 9.42. The Bertz CT molecular complexity index is 949. The molecule has 0 radical (unpaired) electrons. The van der Waals surface area contributed by atoms with Crippen LogP contribution in [0.5, 0.6) is 0 Å². The van der Waals surface area contributed by atoms with Gasteiger partial charge in [-0.15, -0.1) is 24.0 Å². The van der Waals surface area contributed by atoms with Crippen molar-refractivity contribution in [1.29, 1.82) is 0 Å². The Morgan fingerprint density at radius 1 is 1.27 bits per heavy atom. The number of H-pyrrole nitrogens is 1. The van der Waals surface area contributed by atoms with Gasteiger partial charge in [-0.2, -0.15) is 0 Å². The smallest absolute Gasteiger partial charge is 0.211 e. The van der Waals surface area contributed by atoms with Crippen molar-refractivity contribution in [3.8, 4) is 0 Å². The molecular formula is C21H34IN5O2S. The minimum Gasteiger partial charge on any atom is -0.361 e. The van der Waals surface area contributed by atoms with E-state index < -0.39 is 10.0 Å². The number of aliphatic imine (C=N–C) groups is 1. The van der Waals surface area contributed by atoms with E-state index in [0.29, 0.717) is 19.0 Å². The fourth-order valence-electron chi connectivity index (χ4n) is 3.81. The van der Waals surface area contributed by atoms with E-state index in [1.54, 1.807) is 4.31 Å². The average Bonchev–Trinajstić information content (AvgIpc) is 3.07.